The number of rotatable bonds is 8. The van der Waals surface area contributed by atoms with Crippen LogP contribution in [0, 0.1) is 0 Å². The summed E-state index contributed by atoms with van der Waals surface area (Å²) in [4.78, 5) is 0. The monoisotopic (exact) mass is 311 g/mol. The van der Waals surface area contributed by atoms with Crippen LogP contribution in [0.25, 0.3) is 0 Å². The Kier molecular flexibility index (Phi) is 5.93. The summed E-state index contributed by atoms with van der Waals surface area (Å²) in [7, 11) is 0. The molecule has 0 bridgehead atoms. The molecule has 1 aliphatic carbocycles. The summed E-state index contributed by atoms with van der Waals surface area (Å²) < 4.78 is 11.7. The Balaban J connectivity index is 1.40. The summed E-state index contributed by atoms with van der Waals surface area (Å²) in [6.45, 7) is 1.76. The van der Waals surface area contributed by atoms with Gasteiger partial charge >= 0.3 is 0 Å². The van der Waals surface area contributed by atoms with E-state index >= 15 is 0 Å². The number of ether oxygens (including phenoxy) is 2. The van der Waals surface area contributed by atoms with E-state index in [2.05, 4.69) is 5.32 Å². The van der Waals surface area contributed by atoms with Crippen molar-refractivity contribution in [3.8, 4) is 17.2 Å². The van der Waals surface area contributed by atoms with Gasteiger partial charge in [-0.15, -0.1) is 0 Å². The SMILES string of the molecule is c1ccc(Oc2cccc(OCCCNC3CCCC3)c2)cc1. The molecule has 1 aliphatic rings. The van der Waals surface area contributed by atoms with Crippen LogP contribution in [0.4, 0.5) is 0 Å². The lowest BCUT2D eigenvalue weighted by molar-refractivity contribution is 0.303. The number of hydrogen-bond acceptors (Lipinski definition) is 3. The number of hydrogen-bond donors (Lipinski definition) is 1. The topological polar surface area (TPSA) is 30.5 Å². The minimum Gasteiger partial charge on any atom is -0.493 e. The van der Waals surface area contributed by atoms with Crippen LogP contribution < -0.4 is 14.8 Å². The van der Waals surface area contributed by atoms with Crippen molar-refractivity contribution in [1.29, 1.82) is 0 Å². The molecule has 0 amide bonds. The van der Waals surface area contributed by atoms with Crippen molar-refractivity contribution >= 4 is 0 Å². The van der Waals surface area contributed by atoms with E-state index in [0.29, 0.717) is 0 Å². The predicted octanol–water partition coefficient (Wildman–Crippen LogP) is 4.78. The second kappa shape index (κ2) is 8.59. The Labute approximate surface area is 138 Å². The summed E-state index contributed by atoms with van der Waals surface area (Å²) in [6, 6.07) is 18.4. The van der Waals surface area contributed by atoms with E-state index in [0.717, 1.165) is 42.9 Å². The number of benzene rings is 2. The van der Waals surface area contributed by atoms with Crippen LogP contribution in [0.5, 0.6) is 17.2 Å². The molecule has 0 aromatic heterocycles. The Morgan fingerprint density at radius 1 is 0.870 bits per heavy atom. The van der Waals surface area contributed by atoms with Gasteiger partial charge in [0.2, 0.25) is 0 Å². The van der Waals surface area contributed by atoms with Crippen LogP contribution in [0.15, 0.2) is 54.6 Å². The third-order valence-corrected chi connectivity index (χ3v) is 4.16. The van der Waals surface area contributed by atoms with Crippen molar-refractivity contribution in [1.82, 2.24) is 5.32 Å². The molecule has 0 aliphatic heterocycles. The first-order valence-electron chi connectivity index (χ1n) is 8.59. The largest absolute Gasteiger partial charge is 0.493 e. The summed E-state index contributed by atoms with van der Waals surface area (Å²) in [5.41, 5.74) is 0. The van der Waals surface area contributed by atoms with Crippen molar-refractivity contribution < 1.29 is 9.47 Å². The normalized spacial score (nSPS) is 14.8. The molecule has 3 rings (SSSR count). The van der Waals surface area contributed by atoms with Crippen LogP contribution in [0.3, 0.4) is 0 Å². The molecule has 23 heavy (non-hydrogen) atoms. The zero-order valence-corrected chi connectivity index (χ0v) is 13.5. The molecule has 0 unspecified atom stereocenters. The minimum atomic E-state index is 0.731. The van der Waals surface area contributed by atoms with E-state index in [1.54, 1.807) is 0 Å². The molecule has 2 aromatic rings. The highest BCUT2D eigenvalue weighted by atomic mass is 16.5. The van der Waals surface area contributed by atoms with Gasteiger partial charge in [-0.2, -0.15) is 0 Å². The highest BCUT2D eigenvalue weighted by Crippen LogP contribution is 2.25. The zero-order valence-electron chi connectivity index (χ0n) is 13.5. The molecular formula is C20H25NO2. The second-order valence-corrected chi connectivity index (χ2v) is 6.03. The molecule has 0 spiro atoms. The first kappa shape index (κ1) is 15.9. The molecule has 1 fully saturated rings. The van der Waals surface area contributed by atoms with Gasteiger partial charge in [0.1, 0.15) is 17.2 Å². The fraction of sp³-hybridized carbons (Fsp3) is 0.400. The van der Waals surface area contributed by atoms with Gasteiger partial charge in [-0.3, -0.25) is 0 Å². The van der Waals surface area contributed by atoms with Gasteiger partial charge in [-0.1, -0.05) is 37.1 Å². The first-order valence-corrected chi connectivity index (χ1v) is 8.59. The van der Waals surface area contributed by atoms with E-state index in [-0.39, 0.29) is 0 Å². The van der Waals surface area contributed by atoms with Crippen LogP contribution in [-0.2, 0) is 0 Å². The van der Waals surface area contributed by atoms with Gasteiger partial charge in [-0.25, -0.2) is 0 Å². The lowest BCUT2D eigenvalue weighted by atomic mass is 10.2. The third-order valence-electron chi connectivity index (χ3n) is 4.16. The summed E-state index contributed by atoms with van der Waals surface area (Å²) in [6.07, 6.45) is 6.45. The molecule has 0 radical (unpaired) electrons. The lowest BCUT2D eigenvalue weighted by Gasteiger charge is -2.12. The maximum atomic E-state index is 5.83. The van der Waals surface area contributed by atoms with Crippen LogP contribution in [-0.4, -0.2) is 19.2 Å². The Morgan fingerprint density at radius 2 is 1.61 bits per heavy atom. The number of para-hydroxylation sites is 1. The van der Waals surface area contributed by atoms with E-state index in [1.165, 1.54) is 25.7 Å². The van der Waals surface area contributed by atoms with Crippen molar-refractivity contribution in [3.05, 3.63) is 54.6 Å². The highest BCUT2D eigenvalue weighted by Gasteiger charge is 2.13. The van der Waals surface area contributed by atoms with E-state index in [4.69, 9.17) is 9.47 Å². The fourth-order valence-electron chi connectivity index (χ4n) is 2.95. The van der Waals surface area contributed by atoms with Crippen LogP contribution >= 0.6 is 0 Å². The highest BCUT2D eigenvalue weighted by molar-refractivity contribution is 5.36. The van der Waals surface area contributed by atoms with Gasteiger partial charge < -0.3 is 14.8 Å². The van der Waals surface area contributed by atoms with E-state index < -0.39 is 0 Å². The summed E-state index contributed by atoms with van der Waals surface area (Å²) >= 11 is 0. The van der Waals surface area contributed by atoms with E-state index in [9.17, 15) is 0 Å². The van der Waals surface area contributed by atoms with Crippen molar-refractivity contribution in [2.24, 2.45) is 0 Å². The molecule has 1 saturated carbocycles. The smallest absolute Gasteiger partial charge is 0.131 e. The first-order chi connectivity index (χ1) is 11.4. The lowest BCUT2D eigenvalue weighted by Crippen LogP contribution is -2.27. The van der Waals surface area contributed by atoms with Crippen molar-refractivity contribution in [2.75, 3.05) is 13.2 Å². The molecule has 2 aromatic carbocycles. The predicted molar refractivity (Wildman–Crippen MR) is 93.3 cm³/mol. The Hall–Kier alpha value is -2.00. The van der Waals surface area contributed by atoms with Gasteiger partial charge in [0.15, 0.2) is 0 Å². The fourth-order valence-corrected chi connectivity index (χ4v) is 2.95. The minimum absolute atomic E-state index is 0.731. The molecular weight excluding hydrogens is 286 g/mol. The van der Waals surface area contributed by atoms with E-state index in [1.807, 2.05) is 54.6 Å². The number of nitrogens with one attached hydrogen (secondary N) is 1. The maximum Gasteiger partial charge on any atom is 0.131 e. The van der Waals surface area contributed by atoms with Gasteiger partial charge in [0, 0.05) is 12.1 Å². The zero-order chi connectivity index (χ0) is 15.7. The molecule has 122 valence electrons. The maximum absolute atomic E-state index is 5.83. The molecule has 3 heteroatoms. The molecule has 3 nitrogen and oxygen atoms in total. The van der Waals surface area contributed by atoms with Crippen LogP contribution in [0.2, 0.25) is 0 Å². The average molecular weight is 311 g/mol. The van der Waals surface area contributed by atoms with Crippen LogP contribution in [0.1, 0.15) is 32.1 Å². The quantitative estimate of drug-likeness (QED) is 0.712. The third kappa shape index (κ3) is 5.29. The average Bonchev–Trinajstić information content (AvgIpc) is 3.09. The standard InChI is InChI=1S/C20H25NO2/c1-2-10-18(11-3-1)23-20-13-6-12-19(16-20)22-15-7-14-21-17-8-4-5-9-17/h1-3,6,10-13,16-17,21H,4-5,7-9,14-15H2. The summed E-state index contributed by atoms with van der Waals surface area (Å²) in [5.74, 6) is 2.50. The molecule has 0 atom stereocenters. The van der Waals surface area contributed by atoms with Gasteiger partial charge in [0.05, 0.1) is 6.61 Å². The molecule has 1 N–H and O–H groups in total. The molecule has 0 saturated heterocycles. The Morgan fingerprint density at radius 3 is 2.43 bits per heavy atom. The Bertz CT molecular complexity index is 579. The van der Waals surface area contributed by atoms with Crippen molar-refractivity contribution in [2.45, 2.75) is 38.1 Å². The van der Waals surface area contributed by atoms with Gasteiger partial charge in [0.25, 0.3) is 0 Å². The van der Waals surface area contributed by atoms with Gasteiger partial charge in [-0.05, 0) is 50.1 Å². The molecule has 0 heterocycles. The summed E-state index contributed by atoms with van der Waals surface area (Å²) in [5, 5.41) is 3.61. The van der Waals surface area contributed by atoms with Crippen molar-refractivity contribution in [3.63, 3.8) is 0 Å². The second-order valence-electron chi connectivity index (χ2n) is 6.03.